The van der Waals surface area contributed by atoms with E-state index in [9.17, 15) is 14.0 Å². The molecule has 1 unspecified atom stereocenters. The van der Waals surface area contributed by atoms with Crippen LogP contribution in [0.4, 0.5) is 14.9 Å². The van der Waals surface area contributed by atoms with Crippen LogP contribution < -0.4 is 10.2 Å². The summed E-state index contributed by atoms with van der Waals surface area (Å²) >= 11 is 0. The molecule has 0 spiro atoms. The zero-order valence-corrected chi connectivity index (χ0v) is 17.5. The average molecular weight is 415 g/mol. The lowest BCUT2D eigenvalue weighted by Gasteiger charge is -2.38. The van der Waals surface area contributed by atoms with E-state index >= 15 is 0 Å². The van der Waals surface area contributed by atoms with Crippen LogP contribution in [0.3, 0.4) is 0 Å². The van der Waals surface area contributed by atoms with Gasteiger partial charge in [0.2, 0.25) is 5.91 Å². The van der Waals surface area contributed by atoms with E-state index in [1.807, 2.05) is 20.8 Å². The van der Waals surface area contributed by atoms with Gasteiger partial charge in [-0.3, -0.25) is 9.69 Å². The van der Waals surface area contributed by atoms with Crippen molar-refractivity contribution in [2.45, 2.75) is 38.5 Å². The number of carbonyl (C=O) groups is 2. The van der Waals surface area contributed by atoms with Crippen molar-refractivity contribution in [2.75, 3.05) is 44.2 Å². The summed E-state index contributed by atoms with van der Waals surface area (Å²) in [5, 5.41) is 2.94. The first-order valence-electron chi connectivity index (χ1n) is 11.2. The van der Waals surface area contributed by atoms with Gasteiger partial charge in [-0.2, -0.15) is 0 Å². The Morgan fingerprint density at radius 1 is 1.03 bits per heavy atom. The summed E-state index contributed by atoms with van der Waals surface area (Å²) in [4.78, 5) is 30.9. The van der Waals surface area contributed by atoms with Gasteiger partial charge >= 0.3 is 6.03 Å². The van der Waals surface area contributed by atoms with E-state index in [2.05, 4.69) is 11.4 Å². The molecule has 0 radical (unpaired) electrons. The van der Waals surface area contributed by atoms with E-state index in [0.29, 0.717) is 50.7 Å². The van der Waals surface area contributed by atoms with Crippen molar-refractivity contribution in [3.05, 3.63) is 41.9 Å². The molecule has 30 heavy (non-hydrogen) atoms. The van der Waals surface area contributed by atoms with Crippen LogP contribution in [0, 0.1) is 11.7 Å². The SMILES string of the molecule is O=C(CCNC(=O)N1CCCC2CCCC=C21)N1CCN(c2ccccc2F)CC1. The molecule has 2 aliphatic heterocycles. The number of nitrogens with zero attached hydrogens (tertiary/aromatic N) is 3. The molecule has 1 atom stereocenters. The minimum absolute atomic E-state index is 0.0388. The van der Waals surface area contributed by atoms with E-state index < -0.39 is 0 Å². The van der Waals surface area contributed by atoms with Gasteiger partial charge in [0.1, 0.15) is 5.82 Å². The third-order valence-electron chi connectivity index (χ3n) is 6.46. The Bertz CT molecular complexity index is 804. The largest absolute Gasteiger partial charge is 0.366 e. The molecule has 3 aliphatic rings. The average Bonchev–Trinajstić information content (AvgIpc) is 2.79. The number of benzene rings is 1. The van der Waals surface area contributed by atoms with Crippen molar-refractivity contribution < 1.29 is 14.0 Å². The number of rotatable bonds is 4. The molecule has 0 aromatic heterocycles. The molecule has 7 heteroatoms. The van der Waals surface area contributed by atoms with Crippen LogP contribution in [-0.2, 0) is 4.79 Å². The predicted molar refractivity (Wildman–Crippen MR) is 115 cm³/mol. The minimum Gasteiger partial charge on any atom is -0.366 e. The summed E-state index contributed by atoms with van der Waals surface area (Å²) < 4.78 is 14.0. The van der Waals surface area contributed by atoms with E-state index in [0.717, 1.165) is 19.4 Å². The summed E-state index contributed by atoms with van der Waals surface area (Å²) in [5.74, 6) is 0.329. The summed E-state index contributed by atoms with van der Waals surface area (Å²) in [6.45, 7) is 3.48. The molecule has 0 bridgehead atoms. The number of carbonyl (C=O) groups excluding carboxylic acids is 2. The van der Waals surface area contributed by atoms with Gasteiger partial charge in [0.15, 0.2) is 0 Å². The van der Waals surface area contributed by atoms with Gasteiger partial charge < -0.3 is 15.1 Å². The smallest absolute Gasteiger partial charge is 0.321 e. The summed E-state index contributed by atoms with van der Waals surface area (Å²) in [6, 6.07) is 6.66. The van der Waals surface area contributed by atoms with Gasteiger partial charge in [-0.25, -0.2) is 9.18 Å². The Balaban J connectivity index is 1.21. The van der Waals surface area contributed by atoms with Crippen molar-refractivity contribution in [2.24, 2.45) is 5.92 Å². The second-order valence-corrected chi connectivity index (χ2v) is 8.35. The van der Waals surface area contributed by atoms with Crippen LogP contribution in [0.2, 0.25) is 0 Å². The van der Waals surface area contributed by atoms with E-state index in [1.165, 1.54) is 31.0 Å². The van der Waals surface area contributed by atoms with Gasteiger partial charge in [0.25, 0.3) is 0 Å². The fourth-order valence-corrected chi connectivity index (χ4v) is 4.83. The Labute approximate surface area is 177 Å². The van der Waals surface area contributed by atoms with Gasteiger partial charge in [-0.15, -0.1) is 0 Å². The maximum Gasteiger partial charge on any atom is 0.321 e. The van der Waals surface area contributed by atoms with Gasteiger partial charge in [-0.1, -0.05) is 18.2 Å². The highest BCUT2D eigenvalue weighted by Gasteiger charge is 2.30. The summed E-state index contributed by atoms with van der Waals surface area (Å²) in [5.41, 5.74) is 1.77. The zero-order chi connectivity index (χ0) is 20.9. The molecule has 1 aromatic rings. The van der Waals surface area contributed by atoms with E-state index in [1.54, 1.807) is 12.1 Å². The maximum absolute atomic E-state index is 14.0. The highest BCUT2D eigenvalue weighted by atomic mass is 19.1. The van der Waals surface area contributed by atoms with Crippen LogP contribution >= 0.6 is 0 Å². The molecule has 3 amide bonds. The zero-order valence-electron chi connectivity index (χ0n) is 17.5. The van der Waals surface area contributed by atoms with E-state index in [4.69, 9.17) is 0 Å². The van der Waals surface area contributed by atoms with Gasteiger partial charge in [-0.05, 0) is 50.2 Å². The lowest BCUT2D eigenvalue weighted by atomic mass is 9.85. The predicted octanol–water partition coefficient (Wildman–Crippen LogP) is 3.35. The lowest BCUT2D eigenvalue weighted by molar-refractivity contribution is -0.131. The number of hydrogen-bond acceptors (Lipinski definition) is 3. The number of hydrogen-bond donors (Lipinski definition) is 1. The number of amides is 3. The minimum atomic E-state index is -0.229. The van der Waals surface area contributed by atoms with Gasteiger partial charge in [0, 0.05) is 51.4 Å². The van der Waals surface area contributed by atoms with E-state index in [-0.39, 0.29) is 17.8 Å². The van der Waals surface area contributed by atoms with Crippen molar-refractivity contribution >= 4 is 17.6 Å². The standard InChI is InChI=1S/C23H31FN4O2/c24-19-8-2-4-10-21(19)26-14-16-27(17-15-26)22(29)11-12-25-23(30)28-13-5-7-18-6-1-3-9-20(18)28/h2,4,8-10,18H,1,3,5-7,11-17H2,(H,25,30). The molecule has 0 saturated carbocycles. The number of anilines is 1. The number of fused-ring (bicyclic) bond motifs is 1. The fraction of sp³-hybridized carbons (Fsp3) is 0.565. The van der Waals surface area contributed by atoms with Crippen LogP contribution in [-0.4, -0.2) is 61.0 Å². The number of nitrogens with one attached hydrogen (secondary N) is 1. The molecule has 1 aliphatic carbocycles. The van der Waals surface area contributed by atoms with Crippen LogP contribution in [0.5, 0.6) is 0 Å². The quantitative estimate of drug-likeness (QED) is 0.822. The van der Waals surface area contributed by atoms with Crippen LogP contribution in [0.1, 0.15) is 38.5 Å². The number of halogens is 1. The van der Waals surface area contributed by atoms with Crippen LogP contribution in [0.25, 0.3) is 0 Å². The van der Waals surface area contributed by atoms with Crippen molar-refractivity contribution in [1.82, 2.24) is 15.1 Å². The topological polar surface area (TPSA) is 55.9 Å². The van der Waals surface area contributed by atoms with Crippen molar-refractivity contribution in [3.63, 3.8) is 0 Å². The summed E-state index contributed by atoms with van der Waals surface area (Å²) in [6.07, 6.45) is 8.16. The Hall–Kier alpha value is -2.57. The Kier molecular flexibility index (Phi) is 6.55. The second-order valence-electron chi connectivity index (χ2n) is 8.35. The molecule has 162 valence electrons. The van der Waals surface area contributed by atoms with Crippen molar-refractivity contribution in [3.8, 4) is 0 Å². The number of piperidine rings is 1. The third kappa shape index (κ3) is 4.60. The van der Waals surface area contributed by atoms with Crippen molar-refractivity contribution in [1.29, 1.82) is 0 Å². The molecular weight excluding hydrogens is 383 g/mol. The molecule has 2 fully saturated rings. The molecule has 6 nitrogen and oxygen atoms in total. The highest BCUT2D eigenvalue weighted by Crippen LogP contribution is 2.34. The monoisotopic (exact) mass is 414 g/mol. The number of para-hydroxylation sites is 1. The molecular formula is C23H31FN4O2. The fourth-order valence-electron chi connectivity index (χ4n) is 4.83. The first-order chi connectivity index (χ1) is 14.6. The molecule has 1 aromatic carbocycles. The highest BCUT2D eigenvalue weighted by molar-refractivity contribution is 5.79. The normalized spacial score (nSPS) is 21.7. The molecule has 1 N–H and O–H groups in total. The van der Waals surface area contributed by atoms with Crippen LogP contribution in [0.15, 0.2) is 36.0 Å². The number of allylic oxidation sites excluding steroid dienone is 2. The van der Waals surface area contributed by atoms with Gasteiger partial charge in [0.05, 0.1) is 5.69 Å². The summed E-state index contributed by atoms with van der Waals surface area (Å²) in [7, 11) is 0. The Morgan fingerprint density at radius 3 is 2.60 bits per heavy atom. The lowest BCUT2D eigenvalue weighted by Crippen LogP contribution is -2.50. The first kappa shape index (κ1) is 20.7. The Morgan fingerprint density at radius 2 is 1.80 bits per heavy atom. The molecule has 2 heterocycles. The maximum atomic E-state index is 14.0. The number of urea groups is 1. The molecule has 4 rings (SSSR count). The first-order valence-corrected chi connectivity index (χ1v) is 11.2. The second kappa shape index (κ2) is 9.49. The molecule has 2 saturated heterocycles. The third-order valence-corrected chi connectivity index (χ3v) is 6.46. The number of likely N-dealkylation sites (tertiary alicyclic amines) is 1. The number of piperazine rings is 1.